The Morgan fingerprint density at radius 2 is 1.87 bits per heavy atom. The standard InChI is InChI=1S/C29H28N6O3/c1-34-16-20-14-18(2-8-22(20)26(34)17-36)3-9-24-27-23(29(38)35-12-10-30-11-13-35)15-25(31-28(27)33-32-24)19-4-6-21(37)7-5-19/h2-9,14-15,17,26,30,37H,10-13,16H2,1H3,(H,31,32,33). The molecule has 6 rings (SSSR count). The Bertz CT molecular complexity index is 1550. The zero-order valence-electron chi connectivity index (χ0n) is 21.0. The Morgan fingerprint density at radius 1 is 1.08 bits per heavy atom. The highest BCUT2D eigenvalue weighted by Crippen LogP contribution is 2.32. The van der Waals surface area contributed by atoms with Crippen molar-refractivity contribution in [3.8, 4) is 17.0 Å². The molecule has 1 atom stereocenters. The number of likely N-dealkylation sites (N-methyl/N-ethyl adjacent to an activating group) is 1. The second-order valence-electron chi connectivity index (χ2n) is 9.76. The number of H-pyrrole nitrogens is 1. The molecule has 0 saturated carbocycles. The average molecular weight is 509 g/mol. The van der Waals surface area contributed by atoms with Crippen LogP contribution in [0.5, 0.6) is 5.75 Å². The van der Waals surface area contributed by atoms with Gasteiger partial charge in [0.15, 0.2) is 5.65 Å². The first-order valence-electron chi connectivity index (χ1n) is 12.7. The maximum atomic E-state index is 13.7. The fourth-order valence-electron chi connectivity index (χ4n) is 5.27. The molecule has 1 amide bonds. The summed E-state index contributed by atoms with van der Waals surface area (Å²) in [5, 5.41) is 21.2. The SMILES string of the molecule is CN1Cc2cc(C=Cc3n[nH]c4nc(-c5ccc(O)cc5)cc(C(=O)N5CCNCC5)c34)ccc2C1C=O. The first-order valence-corrected chi connectivity index (χ1v) is 12.7. The van der Waals surface area contributed by atoms with Crippen molar-refractivity contribution in [2.45, 2.75) is 12.6 Å². The van der Waals surface area contributed by atoms with Gasteiger partial charge in [-0.2, -0.15) is 5.10 Å². The van der Waals surface area contributed by atoms with E-state index in [0.29, 0.717) is 41.1 Å². The number of amides is 1. The van der Waals surface area contributed by atoms with Crippen molar-refractivity contribution in [1.29, 1.82) is 0 Å². The minimum Gasteiger partial charge on any atom is -0.508 e. The van der Waals surface area contributed by atoms with Crippen LogP contribution in [-0.2, 0) is 11.3 Å². The summed E-state index contributed by atoms with van der Waals surface area (Å²) in [5.41, 5.74) is 6.28. The molecule has 1 saturated heterocycles. The third-order valence-electron chi connectivity index (χ3n) is 7.30. The van der Waals surface area contributed by atoms with Crippen molar-refractivity contribution in [3.63, 3.8) is 0 Å². The number of nitrogens with zero attached hydrogens (tertiary/aromatic N) is 4. The first-order chi connectivity index (χ1) is 18.5. The number of hydrogen-bond donors (Lipinski definition) is 3. The van der Waals surface area contributed by atoms with Crippen LogP contribution in [-0.4, -0.2) is 75.5 Å². The van der Waals surface area contributed by atoms with Crippen LogP contribution in [0.3, 0.4) is 0 Å². The van der Waals surface area contributed by atoms with Crippen molar-refractivity contribution >= 4 is 35.4 Å². The van der Waals surface area contributed by atoms with Crippen LogP contribution in [0, 0.1) is 0 Å². The first kappa shape index (κ1) is 24.0. The number of aromatic hydroxyl groups is 1. The van der Waals surface area contributed by atoms with Crippen LogP contribution in [0.15, 0.2) is 48.5 Å². The predicted molar refractivity (Wildman–Crippen MR) is 145 cm³/mol. The van der Waals surface area contributed by atoms with Gasteiger partial charge >= 0.3 is 0 Å². The van der Waals surface area contributed by atoms with E-state index in [-0.39, 0.29) is 17.7 Å². The molecule has 38 heavy (non-hydrogen) atoms. The summed E-state index contributed by atoms with van der Waals surface area (Å²) >= 11 is 0. The van der Waals surface area contributed by atoms with Gasteiger partial charge in [0.05, 0.1) is 28.4 Å². The van der Waals surface area contributed by atoms with Crippen molar-refractivity contribution in [2.75, 3.05) is 33.2 Å². The maximum Gasteiger partial charge on any atom is 0.254 e. The van der Waals surface area contributed by atoms with Gasteiger partial charge in [0.1, 0.15) is 12.0 Å². The fraction of sp³-hybridized carbons (Fsp3) is 0.241. The largest absolute Gasteiger partial charge is 0.508 e. The summed E-state index contributed by atoms with van der Waals surface area (Å²) in [6, 6.07) is 14.5. The molecular weight excluding hydrogens is 480 g/mol. The number of rotatable bonds is 5. The molecule has 4 aromatic rings. The van der Waals surface area contributed by atoms with Crippen LogP contribution in [0.2, 0.25) is 0 Å². The molecule has 9 heteroatoms. The molecule has 2 aliphatic heterocycles. The van der Waals surface area contributed by atoms with E-state index in [4.69, 9.17) is 4.98 Å². The molecule has 4 heterocycles. The van der Waals surface area contributed by atoms with Gasteiger partial charge in [-0.15, -0.1) is 0 Å². The molecule has 9 nitrogen and oxygen atoms in total. The lowest BCUT2D eigenvalue weighted by atomic mass is 10.0. The summed E-state index contributed by atoms with van der Waals surface area (Å²) in [6.45, 7) is 3.49. The van der Waals surface area contributed by atoms with Crippen molar-refractivity contribution in [3.05, 3.63) is 76.5 Å². The third kappa shape index (κ3) is 4.36. The molecule has 192 valence electrons. The molecule has 0 radical (unpaired) electrons. The topological polar surface area (TPSA) is 114 Å². The maximum absolute atomic E-state index is 13.7. The van der Waals surface area contributed by atoms with Crippen LogP contribution in [0.4, 0.5) is 0 Å². The van der Waals surface area contributed by atoms with Crippen molar-refractivity contribution in [1.82, 2.24) is 30.3 Å². The Labute approximate surface area is 219 Å². The molecule has 0 aliphatic carbocycles. The van der Waals surface area contributed by atoms with Crippen molar-refractivity contribution < 1.29 is 14.7 Å². The molecule has 1 fully saturated rings. The summed E-state index contributed by atoms with van der Waals surface area (Å²) < 4.78 is 0. The second-order valence-corrected chi connectivity index (χ2v) is 9.76. The van der Waals surface area contributed by atoms with Crippen LogP contribution < -0.4 is 5.32 Å². The molecule has 2 aromatic carbocycles. The number of aldehydes is 1. The molecular formula is C29H28N6O3. The Balaban J connectivity index is 1.40. The quantitative estimate of drug-likeness (QED) is 0.355. The van der Waals surface area contributed by atoms with Gasteiger partial charge < -0.3 is 20.1 Å². The molecule has 3 N–H and O–H groups in total. The van der Waals surface area contributed by atoms with Crippen molar-refractivity contribution in [2.24, 2.45) is 0 Å². The normalized spacial score (nSPS) is 17.8. The van der Waals surface area contributed by atoms with Crippen LogP contribution in [0.25, 0.3) is 34.4 Å². The lowest BCUT2D eigenvalue weighted by Crippen LogP contribution is -2.46. The number of benzene rings is 2. The monoisotopic (exact) mass is 508 g/mol. The summed E-state index contributed by atoms with van der Waals surface area (Å²) in [4.78, 5) is 33.8. The molecule has 0 spiro atoms. The minimum absolute atomic E-state index is 0.0598. The van der Waals surface area contributed by atoms with Gasteiger partial charge in [-0.3, -0.25) is 14.8 Å². The Kier molecular flexibility index (Phi) is 6.22. The van der Waals surface area contributed by atoms with Crippen LogP contribution in [0.1, 0.15) is 38.8 Å². The van der Waals surface area contributed by atoms with E-state index < -0.39 is 0 Å². The van der Waals surface area contributed by atoms with E-state index >= 15 is 0 Å². The van der Waals surface area contributed by atoms with E-state index in [0.717, 1.165) is 48.2 Å². The van der Waals surface area contributed by atoms with Gasteiger partial charge in [0.2, 0.25) is 0 Å². The van der Waals surface area contributed by atoms with E-state index in [1.807, 2.05) is 47.2 Å². The number of nitrogens with one attached hydrogen (secondary N) is 2. The van der Waals surface area contributed by atoms with E-state index in [1.54, 1.807) is 24.3 Å². The highest BCUT2D eigenvalue weighted by atomic mass is 16.3. The molecule has 0 bridgehead atoms. The van der Waals surface area contributed by atoms with E-state index in [2.05, 4.69) is 21.6 Å². The van der Waals surface area contributed by atoms with Crippen LogP contribution >= 0.6 is 0 Å². The Morgan fingerprint density at radius 3 is 2.63 bits per heavy atom. The molecule has 1 unspecified atom stereocenters. The summed E-state index contributed by atoms with van der Waals surface area (Å²) in [7, 11) is 1.95. The van der Waals surface area contributed by atoms with Gasteiger partial charge in [-0.25, -0.2) is 4.98 Å². The number of piperazine rings is 1. The van der Waals surface area contributed by atoms with Gasteiger partial charge in [-0.1, -0.05) is 24.3 Å². The zero-order chi connectivity index (χ0) is 26.2. The lowest BCUT2D eigenvalue weighted by Gasteiger charge is -2.27. The smallest absolute Gasteiger partial charge is 0.254 e. The number of pyridine rings is 1. The molecule has 2 aliphatic rings. The average Bonchev–Trinajstić information content (AvgIpc) is 3.50. The number of phenols is 1. The third-order valence-corrected chi connectivity index (χ3v) is 7.30. The summed E-state index contributed by atoms with van der Waals surface area (Å²) in [5.74, 6) is 0.108. The Hall–Kier alpha value is -4.34. The number of carbonyl (C=O) groups is 2. The number of hydrogen-bond acceptors (Lipinski definition) is 7. The second kappa shape index (κ2) is 9.85. The zero-order valence-corrected chi connectivity index (χ0v) is 21.0. The highest BCUT2D eigenvalue weighted by Gasteiger charge is 2.27. The number of fused-ring (bicyclic) bond motifs is 2. The number of phenolic OH excluding ortho intramolecular Hbond substituents is 1. The number of carbonyl (C=O) groups excluding carboxylic acids is 2. The molecule has 2 aromatic heterocycles. The lowest BCUT2D eigenvalue weighted by molar-refractivity contribution is -0.111. The fourth-order valence-corrected chi connectivity index (χ4v) is 5.27. The van der Waals surface area contributed by atoms with Gasteiger partial charge in [0.25, 0.3) is 5.91 Å². The highest BCUT2D eigenvalue weighted by molar-refractivity contribution is 6.09. The number of aromatic nitrogens is 3. The van der Waals surface area contributed by atoms with E-state index in [1.165, 1.54) is 0 Å². The minimum atomic E-state index is -0.203. The predicted octanol–water partition coefficient (Wildman–Crippen LogP) is 3.23. The van der Waals surface area contributed by atoms with Gasteiger partial charge in [0, 0.05) is 38.3 Å². The van der Waals surface area contributed by atoms with Gasteiger partial charge in [-0.05, 0) is 60.1 Å². The summed E-state index contributed by atoms with van der Waals surface area (Å²) in [6.07, 6.45) is 4.84. The van der Waals surface area contributed by atoms with E-state index in [9.17, 15) is 14.7 Å². The number of aromatic amines is 1.